The van der Waals surface area contributed by atoms with Gasteiger partial charge in [0, 0.05) is 36.3 Å². The molecule has 0 radical (unpaired) electrons. The lowest BCUT2D eigenvalue weighted by Crippen LogP contribution is -2.46. The van der Waals surface area contributed by atoms with E-state index in [2.05, 4.69) is 5.32 Å². The van der Waals surface area contributed by atoms with Gasteiger partial charge in [0.2, 0.25) is 5.91 Å². The third-order valence-electron chi connectivity index (χ3n) is 5.09. The lowest BCUT2D eigenvalue weighted by Gasteiger charge is -2.24. The molecule has 0 spiro atoms. The lowest BCUT2D eigenvalue weighted by atomic mass is 10.1. The summed E-state index contributed by atoms with van der Waals surface area (Å²) < 4.78 is 26.5. The van der Waals surface area contributed by atoms with Gasteiger partial charge >= 0.3 is 0 Å². The molecule has 1 atom stereocenters. The Labute approximate surface area is 171 Å². The van der Waals surface area contributed by atoms with Crippen molar-refractivity contribution in [2.24, 2.45) is 0 Å². The van der Waals surface area contributed by atoms with Gasteiger partial charge in [-0.2, -0.15) is 0 Å². The Bertz CT molecular complexity index is 976. The summed E-state index contributed by atoms with van der Waals surface area (Å²) >= 11 is 0. The van der Waals surface area contributed by atoms with Crippen molar-refractivity contribution in [2.75, 3.05) is 13.1 Å². The van der Waals surface area contributed by atoms with Gasteiger partial charge in [0.05, 0.1) is 4.92 Å². The van der Waals surface area contributed by atoms with Crippen LogP contribution in [0.3, 0.4) is 0 Å². The molecular weight excluding hydrogens is 396 g/mol. The lowest BCUT2D eigenvalue weighted by molar-refractivity contribution is -0.385. The third kappa shape index (κ3) is 4.79. The minimum atomic E-state index is -0.678. The van der Waals surface area contributed by atoms with E-state index >= 15 is 0 Å². The fraction of sp³-hybridized carbons (Fsp3) is 0.333. The highest BCUT2D eigenvalue weighted by Gasteiger charge is 2.34. The molecule has 1 unspecified atom stereocenters. The van der Waals surface area contributed by atoms with Crippen molar-refractivity contribution < 1.29 is 23.3 Å². The summed E-state index contributed by atoms with van der Waals surface area (Å²) in [5.74, 6) is -2.06. The van der Waals surface area contributed by atoms with Crippen molar-refractivity contribution in [3.05, 3.63) is 74.8 Å². The molecule has 1 N–H and O–H groups in total. The van der Waals surface area contributed by atoms with Crippen LogP contribution in [0.4, 0.5) is 14.5 Å². The Morgan fingerprint density at radius 1 is 1.20 bits per heavy atom. The second kappa shape index (κ2) is 8.98. The first-order valence-electron chi connectivity index (χ1n) is 9.55. The van der Waals surface area contributed by atoms with Gasteiger partial charge in [0.15, 0.2) is 0 Å². The summed E-state index contributed by atoms with van der Waals surface area (Å²) in [5, 5.41) is 13.7. The largest absolute Gasteiger partial charge is 0.354 e. The van der Waals surface area contributed by atoms with Crippen molar-refractivity contribution in [3.8, 4) is 0 Å². The molecular formula is C21H21F2N3O4. The molecule has 1 fully saturated rings. The van der Waals surface area contributed by atoms with Crippen molar-refractivity contribution in [1.82, 2.24) is 10.2 Å². The fourth-order valence-electron chi connectivity index (χ4n) is 3.64. The van der Waals surface area contributed by atoms with Crippen LogP contribution in [0.5, 0.6) is 0 Å². The number of nitro benzene ring substituents is 1. The average molecular weight is 417 g/mol. The number of benzene rings is 2. The maximum absolute atomic E-state index is 13.2. The number of rotatable bonds is 6. The minimum absolute atomic E-state index is 0.0731. The molecule has 0 aliphatic carbocycles. The summed E-state index contributed by atoms with van der Waals surface area (Å²) in [6.45, 7) is 2.14. The second-order valence-corrected chi connectivity index (χ2v) is 7.23. The molecule has 2 aromatic carbocycles. The normalized spacial score (nSPS) is 15.8. The third-order valence-corrected chi connectivity index (χ3v) is 5.09. The van der Waals surface area contributed by atoms with Crippen LogP contribution in [0, 0.1) is 28.7 Å². The standard InChI is InChI=1S/C21H21F2N3O4/c1-13-9-15(4-5-18(13)26(29)30)21(28)25-8-2-3-19(25)20(27)24-7-6-14-10-16(22)12-17(23)11-14/h4-5,9-12,19H,2-3,6-8H2,1H3,(H,24,27). The van der Waals surface area contributed by atoms with Gasteiger partial charge in [-0.3, -0.25) is 19.7 Å². The van der Waals surface area contributed by atoms with Crippen LogP contribution in [0.25, 0.3) is 0 Å². The zero-order valence-corrected chi connectivity index (χ0v) is 16.4. The molecule has 0 saturated carbocycles. The van der Waals surface area contributed by atoms with E-state index in [0.29, 0.717) is 30.5 Å². The molecule has 158 valence electrons. The number of carbonyl (C=O) groups excluding carboxylic acids is 2. The van der Waals surface area contributed by atoms with E-state index in [9.17, 15) is 28.5 Å². The van der Waals surface area contributed by atoms with Crippen LogP contribution in [-0.2, 0) is 11.2 Å². The fourth-order valence-corrected chi connectivity index (χ4v) is 3.64. The Kier molecular flexibility index (Phi) is 6.39. The van der Waals surface area contributed by atoms with Crippen molar-refractivity contribution in [3.63, 3.8) is 0 Å². The van der Waals surface area contributed by atoms with Gasteiger partial charge in [-0.15, -0.1) is 0 Å². The molecule has 3 rings (SSSR count). The van der Waals surface area contributed by atoms with E-state index in [1.54, 1.807) is 6.92 Å². The maximum Gasteiger partial charge on any atom is 0.272 e. The quantitative estimate of drug-likeness (QED) is 0.577. The smallest absolute Gasteiger partial charge is 0.272 e. The number of likely N-dealkylation sites (tertiary alicyclic amines) is 1. The first-order valence-corrected chi connectivity index (χ1v) is 9.55. The Hall–Kier alpha value is -3.36. The molecule has 0 bridgehead atoms. The van der Waals surface area contributed by atoms with Crippen molar-refractivity contribution in [2.45, 2.75) is 32.2 Å². The van der Waals surface area contributed by atoms with Crippen LogP contribution in [0.1, 0.15) is 34.3 Å². The monoisotopic (exact) mass is 417 g/mol. The number of nitrogens with zero attached hydrogens (tertiary/aromatic N) is 2. The van der Waals surface area contributed by atoms with Crippen molar-refractivity contribution in [1.29, 1.82) is 0 Å². The van der Waals surface area contributed by atoms with Gasteiger partial charge in [-0.25, -0.2) is 8.78 Å². The SMILES string of the molecule is Cc1cc(C(=O)N2CCCC2C(=O)NCCc2cc(F)cc(F)c2)ccc1[N+](=O)[O-]. The summed E-state index contributed by atoms with van der Waals surface area (Å²) in [4.78, 5) is 37.3. The van der Waals surface area contributed by atoms with E-state index in [-0.39, 0.29) is 36.0 Å². The topological polar surface area (TPSA) is 92.6 Å². The van der Waals surface area contributed by atoms with Crippen molar-refractivity contribution >= 4 is 17.5 Å². The van der Waals surface area contributed by atoms with Crippen LogP contribution in [0.15, 0.2) is 36.4 Å². The Balaban J connectivity index is 1.63. The molecule has 0 aromatic heterocycles. The predicted octanol–water partition coefficient (Wildman–Crippen LogP) is 3.14. The zero-order valence-electron chi connectivity index (χ0n) is 16.4. The summed E-state index contributed by atoms with van der Waals surface area (Å²) in [7, 11) is 0. The van der Waals surface area contributed by atoms with E-state index in [1.165, 1.54) is 35.2 Å². The first kappa shape index (κ1) is 21.4. The molecule has 1 saturated heterocycles. The average Bonchev–Trinajstić information content (AvgIpc) is 3.16. The second-order valence-electron chi connectivity index (χ2n) is 7.23. The number of halogens is 2. The molecule has 9 heteroatoms. The summed E-state index contributed by atoms with van der Waals surface area (Å²) in [6, 6.07) is 6.66. The van der Waals surface area contributed by atoms with E-state index in [1.807, 2.05) is 0 Å². The number of carbonyl (C=O) groups is 2. The van der Waals surface area contributed by atoms with Crippen LogP contribution < -0.4 is 5.32 Å². The molecule has 2 amide bonds. The van der Waals surface area contributed by atoms with Crippen LogP contribution in [0.2, 0.25) is 0 Å². The first-order chi connectivity index (χ1) is 14.3. The predicted molar refractivity (Wildman–Crippen MR) is 105 cm³/mol. The highest BCUT2D eigenvalue weighted by Crippen LogP contribution is 2.24. The van der Waals surface area contributed by atoms with Gasteiger partial charge in [-0.05, 0) is 56.0 Å². The number of aryl methyl sites for hydroxylation is 1. The summed E-state index contributed by atoms with van der Waals surface area (Å²) in [5.41, 5.74) is 1.01. The Morgan fingerprint density at radius 2 is 1.90 bits per heavy atom. The molecule has 1 aliphatic heterocycles. The van der Waals surface area contributed by atoms with E-state index in [4.69, 9.17) is 0 Å². The van der Waals surface area contributed by atoms with Gasteiger partial charge < -0.3 is 10.2 Å². The number of nitrogens with one attached hydrogen (secondary N) is 1. The van der Waals surface area contributed by atoms with E-state index in [0.717, 1.165) is 6.07 Å². The zero-order chi connectivity index (χ0) is 21.8. The number of hydrogen-bond acceptors (Lipinski definition) is 4. The molecule has 1 aliphatic rings. The molecule has 30 heavy (non-hydrogen) atoms. The van der Waals surface area contributed by atoms with Gasteiger partial charge in [0.25, 0.3) is 11.6 Å². The maximum atomic E-state index is 13.2. The van der Waals surface area contributed by atoms with Crippen LogP contribution in [-0.4, -0.2) is 40.8 Å². The number of nitro groups is 1. The Morgan fingerprint density at radius 3 is 2.53 bits per heavy atom. The highest BCUT2D eigenvalue weighted by molar-refractivity contribution is 5.98. The van der Waals surface area contributed by atoms with Crippen LogP contribution >= 0.6 is 0 Å². The molecule has 2 aromatic rings. The molecule has 1 heterocycles. The van der Waals surface area contributed by atoms with Gasteiger partial charge in [0.1, 0.15) is 17.7 Å². The highest BCUT2D eigenvalue weighted by atomic mass is 19.1. The minimum Gasteiger partial charge on any atom is -0.354 e. The van der Waals surface area contributed by atoms with E-state index < -0.39 is 22.6 Å². The van der Waals surface area contributed by atoms with Gasteiger partial charge in [-0.1, -0.05) is 0 Å². The number of hydrogen-bond donors (Lipinski definition) is 1. The summed E-state index contributed by atoms with van der Waals surface area (Å²) in [6.07, 6.45) is 1.41. The number of amides is 2. The molecule has 7 nitrogen and oxygen atoms in total.